The number of aromatic nitrogens is 2. The van der Waals surface area contributed by atoms with Crippen LogP contribution in [-0.2, 0) is 11.3 Å². The summed E-state index contributed by atoms with van der Waals surface area (Å²) in [6, 6.07) is 19.5. The number of fused-ring (bicyclic) bond motifs is 1. The largest absolute Gasteiger partial charge is 0.464 e. The molecule has 6 heteroatoms. The number of hydrogen-bond acceptors (Lipinski definition) is 5. The van der Waals surface area contributed by atoms with Crippen molar-refractivity contribution in [3.05, 3.63) is 78.3 Å². The number of likely N-dealkylation sites (tertiary alicyclic amines) is 1. The fourth-order valence-electron chi connectivity index (χ4n) is 4.30. The van der Waals surface area contributed by atoms with Crippen molar-refractivity contribution in [1.29, 1.82) is 0 Å². The lowest BCUT2D eigenvalue weighted by Crippen LogP contribution is -2.40. The quantitative estimate of drug-likeness (QED) is 0.484. The number of carbonyl (C=O) groups excluding carboxylic acids is 1. The fraction of sp³-hybridized carbons (Fsp3) is 0.269. The third-order valence-electron chi connectivity index (χ3n) is 6.05. The maximum atomic E-state index is 12.9. The smallest absolute Gasteiger partial charge is 0.228 e. The predicted octanol–water partition coefficient (Wildman–Crippen LogP) is 5.05. The molecule has 1 aliphatic heterocycles. The first kappa shape index (κ1) is 20.4. The number of anilines is 1. The summed E-state index contributed by atoms with van der Waals surface area (Å²) in [5, 5.41) is 3.08. The Morgan fingerprint density at radius 1 is 1.06 bits per heavy atom. The van der Waals surface area contributed by atoms with Gasteiger partial charge in [-0.25, -0.2) is 9.97 Å². The molecule has 6 nitrogen and oxygen atoms in total. The molecule has 1 amide bonds. The number of amides is 1. The first-order valence-electron chi connectivity index (χ1n) is 11.0. The summed E-state index contributed by atoms with van der Waals surface area (Å²) in [5.74, 6) is 0.849. The Kier molecular flexibility index (Phi) is 5.69. The van der Waals surface area contributed by atoms with Crippen LogP contribution >= 0.6 is 0 Å². The van der Waals surface area contributed by atoms with Gasteiger partial charge >= 0.3 is 0 Å². The van der Waals surface area contributed by atoms with E-state index in [0.29, 0.717) is 6.54 Å². The molecule has 4 aromatic rings. The second-order valence-electron chi connectivity index (χ2n) is 8.36. The maximum Gasteiger partial charge on any atom is 0.228 e. The van der Waals surface area contributed by atoms with E-state index in [1.807, 2.05) is 67.6 Å². The zero-order chi connectivity index (χ0) is 21.9. The lowest BCUT2D eigenvalue weighted by atomic mass is 9.96. The van der Waals surface area contributed by atoms with Gasteiger partial charge < -0.3 is 9.73 Å². The Labute approximate surface area is 187 Å². The summed E-state index contributed by atoms with van der Waals surface area (Å²) in [4.78, 5) is 24.8. The molecule has 0 aliphatic carbocycles. The summed E-state index contributed by atoms with van der Waals surface area (Å²) in [7, 11) is 0. The molecule has 0 saturated carbocycles. The van der Waals surface area contributed by atoms with Crippen molar-refractivity contribution in [2.45, 2.75) is 26.3 Å². The van der Waals surface area contributed by atoms with Gasteiger partial charge in [0.2, 0.25) is 5.91 Å². The summed E-state index contributed by atoms with van der Waals surface area (Å²) in [6.07, 6.45) is 3.55. The molecule has 32 heavy (non-hydrogen) atoms. The van der Waals surface area contributed by atoms with Gasteiger partial charge in [0.25, 0.3) is 0 Å². The Morgan fingerprint density at radius 2 is 1.84 bits per heavy atom. The van der Waals surface area contributed by atoms with E-state index >= 15 is 0 Å². The number of aryl methyl sites for hydroxylation is 1. The summed E-state index contributed by atoms with van der Waals surface area (Å²) in [5.41, 5.74) is 5.56. The van der Waals surface area contributed by atoms with E-state index in [2.05, 4.69) is 10.2 Å². The van der Waals surface area contributed by atoms with Crippen LogP contribution in [0.1, 0.15) is 24.2 Å². The van der Waals surface area contributed by atoms with Gasteiger partial charge in [-0.2, -0.15) is 0 Å². The van der Waals surface area contributed by atoms with E-state index in [4.69, 9.17) is 14.4 Å². The van der Waals surface area contributed by atoms with Gasteiger partial charge in [-0.3, -0.25) is 9.69 Å². The van der Waals surface area contributed by atoms with Gasteiger partial charge in [0.05, 0.1) is 34.6 Å². The normalized spacial score (nSPS) is 16.8. The summed E-state index contributed by atoms with van der Waals surface area (Å²) >= 11 is 0. The van der Waals surface area contributed by atoms with Gasteiger partial charge in [0, 0.05) is 24.3 Å². The number of carbonyl (C=O) groups is 1. The summed E-state index contributed by atoms with van der Waals surface area (Å²) < 4.78 is 5.43. The summed E-state index contributed by atoms with van der Waals surface area (Å²) in [6.45, 7) is 4.42. The van der Waals surface area contributed by atoms with Crippen molar-refractivity contribution in [3.8, 4) is 11.3 Å². The van der Waals surface area contributed by atoms with Crippen molar-refractivity contribution in [3.63, 3.8) is 0 Å². The van der Waals surface area contributed by atoms with Crippen molar-refractivity contribution < 1.29 is 9.21 Å². The number of rotatable bonds is 5. The second kappa shape index (κ2) is 8.93. The first-order valence-corrected chi connectivity index (χ1v) is 11.0. The highest BCUT2D eigenvalue weighted by Gasteiger charge is 2.26. The van der Waals surface area contributed by atoms with Crippen LogP contribution in [-0.4, -0.2) is 33.9 Å². The van der Waals surface area contributed by atoms with Crippen molar-refractivity contribution >= 4 is 22.6 Å². The van der Waals surface area contributed by atoms with Crippen LogP contribution in [0.2, 0.25) is 0 Å². The molecular formula is C26H26N4O2. The number of furan rings is 1. The van der Waals surface area contributed by atoms with Crippen LogP contribution < -0.4 is 5.32 Å². The number of hydrogen-bond donors (Lipinski definition) is 1. The van der Waals surface area contributed by atoms with Crippen LogP contribution in [0, 0.1) is 12.8 Å². The monoisotopic (exact) mass is 426 g/mol. The minimum atomic E-state index is -0.0396. The molecule has 2 aromatic heterocycles. The number of nitrogens with one attached hydrogen (secondary N) is 1. The lowest BCUT2D eigenvalue weighted by molar-refractivity contribution is -0.121. The minimum Gasteiger partial charge on any atom is -0.464 e. The highest BCUT2D eigenvalue weighted by molar-refractivity contribution is 5.93. The molecule has 1 N–H and O–H groups in total. The Bertz CT molecular complexity index is 1220. The van der Waals surface area contributed by atoms with E-state index in [-0.39, 0.29) is 11.8 Å². The molecule has 0 unspecified atom stereocenters. The second-order valence-corrected chi connectivity index (χ2v) is 8.36. The lowest BCUT2D eigenvalue weighted by Gasteiger charge is -2.32. The Hall–Kier alpha value is -3.51. The Morgan fingerprint density at radius 3 is 2.59 bits per heavy atom. The highest BCUT2D eigenvalue weighted by Crippen LogP contribution is 2.24. The highest BCUT2D eigenvalue weighted by atomic mass is 16.3. The van der Waals surface area contributed by atoms with E-state index < -0.39 is 0 Å². The maximum absolute atomic E-state index is 12.9. The van der Waals surface area contributed by atoms with Gasteiger partial charge in [-0.1, -0.05) is 12.1 Å². The number of benzene rings is 2. The van der Waals surface area contributed by atoms with Crippen LogP contribution in [0.15, 0.2) is 71.3 Å². The van der Waals surface area contributed by atoms with Crippen LogP contribution in [0.3, 0.4) is 0 Å². The van der Waals surface area contributed by atoms with Gasteiger partial charge in [0.15, 0.2) is 0 Å². The van der Waals surface area contributed by atoms with Gasteiger partial charge in [0.1, 0.15) is 5.76 Å². The van der Waals surface area contributed by atoms with E-state index in [9.17, 15) is 4.79 Å². The molecule has 1 atom stereocenters. The fourth-order valence-corrected chi connectivity index (χ4v) is 4.30. The van der Waals surface area contributed by atoms with Gasteiger partial charge in [-0.15, -0.1) is 0 Å². The van der Waals surface area contributed by atoms with Crippen LogP contribution in [0.25, 0.3) is 22.4 Å². The minimum absolute atomic E-state index is 0.0396. The molecule has 2 aromatic carbocycles. The number of nitrogens with zero attached hydrogens (tertiary/aromatic N) is 3. The topological polar surface area (TPSA) is 71.3 Å². The van der Waals surface area contributed by atoms with E-state index in [0.717, 1.165) is 65.4 Å². The zero-order valence-electron chi connectivity index (χ0n) is 18.1. The van der Waals surface area contributed by atoms with E-state index in [1.54, 1.807) is 6.26 Å². The number of piperidine rings is 1. The predicted molar refractivity (Wildman–Crippen MR) is 125 cm³/mol. The third-order valence-corrected chi connectivity index (χ3v) is 6.05. The van der Waals surface area contributed by atoms with Crippen molar-refractivity contribution in [1.82, 2.24) is 14.9 Å². The standard InChI is InChI=1S/C26H26N4O2/c1-18-24(29-23-8-3-2-7-22(23)27-18)17-30-14-4-6-20(16-30)26(31)28-21-12-10-19(11-13-21)25-9-5-15-32-25/h2-3,5,7-13,15,20H,4,6,14,16-17H2,1H3,(H,28,31)/t20-/m0/s1. The average Bonchev–Trinajstić information content (AvgIpc) is 3.35. The first-order chi connectivity index (χ1) is 15.7. The molecule has 3 heterocycles. The average molecular weight is 427 g/mol. The SMILES string of the molecule is Cc1nc2ccccc2nc1CN1CCC[C@H](C(=O)Nc2ccc(-c3ccco3)cc2)C1. The molecule has 5 rings (SSSR count). The molecule has 1 saturated heterocycles. The molecule has 162 valence electrons. The number of para-hydroxylation sites is 2. The van der Waals surface area contributed by atoms with E-state index in [1.165, 1.54) is 0 Å². The molecule has 0 radical (unpaired) electrons. The molecule has 1 fully saturated rings. The molecule has 0 spiro atoms. The zero-order valence-corrected chi connectivity index (χ0v) is 18.1. The van der Waals surface area contributed by atoms with Crippen LogP contribution in [0.4, 0.5) is 5.69 Å². The van der Waals surface area contributed by atoms with Crippen molar-refractivity contribution in [2.24, 2.45) is 5.92 Å². The van der Waals surface area contributed by atoms with Crippen molar-refractivity contribution in [2.75, 3.05) is 18.4 Å². The Balaban J connectivity index is 1.23. The van der Waals surface area contributed by atoms with Crippen LogP contribution in [0.5, 0.6) is 0 Å². The molecule has 1 aliphatic rings. The molecular weight excluding hydrogens is 400 g/mol. The molecule has 0 bridgehead atoms. The third kappa shape index (κ3) is 4.41. The van der Waals surface area contributed by atoms with Gasteiger partial charge in [-0.05, 0) is 74.8 Å².